The lowest BCUT2D eigenvalue weighted by Crippen LogP contribution is -1.95. The Morgan fingerprint density at radius 1 is 1.21 bits per heavy atom. The summed E-state index contributed by atoms with van der Waals surface area (Å²) >= 11 is 11.2. The van der Waals surface area contributed by atoms with E-state index in [2.05, 4.69) is 0 Å². The third-order valence-corrected chi connectivity index (χ3v) is 3.52. The van der Waals surface area contributed by atoms with Gasteiger partial charge in [-0.1, -0.05) is 23.2 Å². The summed E-state index contributed by atoms with van der Waals surface area (Å²) in [6.45, 7) is 0. The van der Waals surface area contributed by atoms with E-state index < -0.39 is 9.05 Å². The number of hydrogen-bond donors (Lipinski definition) is 0. The van der Waals surface area contributed by atoms with E-state index in [1.165, 1.54) is 6.07 Å². The van der Waals surface area contributed by atoms with Crippen molar-refractivity contribution in [3.05, 3.63) is 27.7 Å². The molecule has 0 amide bonds. The Kier molecular flexibility index (Phi) is 3.42. The van der Waals surface area contributed by atoms with Crippen LogP contribution in [0.4, 0.5) is 0 Å². The molecule has 0 aliphatic carbocycles. The van der Waals surface area contributed by atoms with Gasteiger partial charge in [-0.3, -0.25) is 4.79 Å². The molecule has 0 N–H and O–H groups in total. The Bertz CT molecular complexity index is 481. The Labute approximate surface area is 95.0 Å². The van der Waals surface area contributed by atoms with Crippen LogP contribution in [-0.2, 0) is 9.05 Å². The molecule has 1 aromatic rings. The van der Waals surface area contributed by atoms with Crippen molar-refractivity contribution in [2.24, 2.45) is 0 Å². The normalized spacial score (nSPS) is 11.4. The molecule has 0 atom stereocenters. The van der Waals surface area contributed by atoms with E-state index in [1.807, 2.05) is 0 Å². The van der Waals surface area contributed by atoms with E-state index in [1.54, 1.807) is 0 Å². The van der Waals surface area contributed by atoms with Gasteiger partial charge >= 0.3 is 0 Å². The Hall–Kier alpha value is -0.290. The smallest absolute Gasteiger partial charge is 0.262 e. The van der Waals surface area contributed by atoms with E-state index in [-0.39, 0.29) is 20.5 Å². The molecule has 0 unspecified atom stereocenters. The standard InChI is InChI=1S/C7H3Cl3O3S/c8-5-1-4(3-11)7(9)6(2-5)14(10,12)13/h1-3H. The molecule has 0 spiro atoms. The maximum atomic E-state index is 11.0. The summed E-state index contributed by atoms with van der Waals surface area (Å²) in [7, 11) is 1.09. The fraction of sp³-hybridized carbons (Fsp3) is 0. The fourth-order valence-corrected chi connectivity index (χ4v) is 2.68. The second kappa shape index (κ2) is 4.06. The lowest BCUT2D eigenvalue weighted by Gasteiger charge is -2.03. The maximum absolute atomic E-state index is 11.0. The lowest BCUT2D eigenvalue weighted by atomic mass is 10.2. The molecule has 0 aliphatic rings. The van der Waals surface area contributed by atoms with Gasteiger partial charge in [-0.25, -0.2) is 8.42 Å². The van der Waals surface area contributed by atoms with Crippen molar-refractivity contribution in [3.8, 4) is 0 Å². The highest BCUT2D eigenvalue weighted by Gasteiger charge is 2.18. The van der Waals surface area contributed by atoms with Crippen molar-refractivity contribution in [2.45, 2.75) is 4.90 Å². The first-order valence-electron chi connectivity index (χ1n) is 3.25. The number of hydrogen-bond acceptors (Lipinski definition) is 3. The van der Waals surface area contributed by atoms with Crippen molar-refractivity contribution in [2.75, 3.05) is 0 Å². The molecule has 7 heteroatoms. The minimum atomic E-state index is -3.99. The van der Waals surface area contributed by atoms with Gasteiger partial charge in [0.05, 0.1) is 5.02 Å². The summed E-state index contributed by atoms with van der Waals surface area (Å²) in [4.78, 5) is 10.1. The van der Waals surface area contributed by atoms with Crippen LogP contribution in [0.15, 0.2) is 17.0 Å². The van der Waals surface area contributed by atoms with Crippen LogP contribution in [0.1, 0.15) is 10.4 Å². The average molecular weight is 274 g/mol. The van der Waals surface area contributed by atoms with E-state index in [4.69, 9.17) is 33.9 Å². The molecule has 0 aromatic heterocycles. The summed E-state index contributed by atoms with van der Waals surface area (Å²) < 4.78 is 22.0. The van der Waals surface area contributed by atoms with Gasteiger partial charge in [0.2, 0.25) is 0 Å². The van der Waals surface area contributed by atoms with E-state index in [9.17, 15) is 13.2 Å². The fourth-order valence-electron chi connectivity index (χ4n) is 0.848. The molecule has 76 valence electrons. The van der Waals surface area contributed by atoms with Crippen LogP contribution in [0.2, 0.25) is 10.0 Å². The second-order valence-electron chi connectivity index (χ2n) is 2.36. The number of rotatable bonds is 2. The lowest BCUT2D eigenvalue weighted by molar-refractivity contribution is 0.112. The van der Waals surface area contributed by atoms with Crippen LogP contribution in [0.5, 0.6) is 0 Å². The third-order valence-electron chi connectivity index (χ3n) is 1.42. The number of carbonyl (C=O) groups is 1. The number of benzene rings is 1. The van der Waals surface area contributed by atoms with Crippen LogP contribution in [-0.4, -0.2) is 14.7 Å². The molecule has 0 bridgehead atoms. The highest BCUT2D eigenvalue weighted by molar-refractivity contribution is 8.13. The topological polar surface area (TPSA) is 51.2 Å². The monoisotopic (exact) mass is 272 g/mol. The van der Waals surface area contributed by atoms with Crippen LogP contribution in [0.25, 0.3) is 0 Å². The molecule has 0 radical (unpaired) electrons. The minimum absolute atomic E-state index is 0.0154. The Balaban J connectivity index is 3.61. The second-order valence-corrected chi connectivity index (χ2v) is 5.71. The zero-order valence-electron chi connectivity index (χ0n) is 6.50. The highest BCUT2D eigenvalue weighted by atomic mass is 35.7. The molecular formula is C7H3Cl3O3S. The SMILES string of the molecule is O=Cc1cc(Cl)cc(S(=O)(=O)Cl)c1Cl. The average Bonchev–Trinajstić information content (AvgIpc) is 2.06. The molecule has 3 nitrogen and oxygen atoms in total. The van der Waals surface area contributed by atoms with Crippen LogP contribution >= 0.6 is 33.9 Å². The van der Waals surface area contributed by atoms with E-state index >= 15 is 0 Å². The molecule has 0 heterocycles. The summed E-state index contributed by atoms with van der Waals surface area (Å²) in [5.74, 6) is 0. The third kappa shape index (κ3) is 2.39. The van der Waals surface area contributed by atoms with Crippen molar-refractivity contribution < 1.29 is 13.2 Å². The number of aldehydes is 1. The first-order valence-corrected chi connectivity index (χ1v) is 6.31. The highest BCUT2D eigenvalue weighted by Crippen LogP contribution is 2.30. The van der Waals surface area contributed by atoms with Gasteiger partial charge in [0.15, 0.2) is 6.29 Å². The van der Waals surface area contributed by atoms with E-state index in [0.717, 1.165) is 6.07 Å². The maximum Gasteiger partial charge on any atom is 0.262 e. The van der Waals surface area contributed by atoms with Crippen molar-refractivity contribution in [1.29, 1.82) is 0 Å². The van der Waals surface area contributed by atoms with Gasteiger partial charge in [0.25, 0.3) is 9.05 Å². The van der Waals surface area contributed by atoms with Gasteiger partial charge in [0, 0.05) is 21.3 Å². The number of carbonyl (C=O) groups excluding carboxylic acids is 1. The van der Waals surface area contributed by atoms with Gasteiger partial charge in [-0.05, 0) is 12.1 Å². The molecular weight excluding hydrogens is 270 g/mol. The summed E-state index contributed by atoms with van der Waals surface area (Å²) in [6.07, 6.45) is 0.403. The zero-order valence-corrected chi connectivity index (χ0v) is 9.58. The first kappa shape index (κ1) is 11.8. The Morgan fingerprint density at radius 2 is 1.79 bits per heavy atom. The molecule has 0 saturated heterocycles. The predicted octanol–water partition coefficient (Wildman–Crippen LogP) is 2.73. The zero-order chi connectivity index (χ0) is 10.9. The molecule has 14 heavy (non-hydrogen) atoms. The first-order chi connectivity index (χ1) is 6.36. The quantitative estimate of drug-likeness (QED) is 0.615. The largest absolute Gasteiger partial charge is 0.298 e. The molecule has 0 aliphatic heterocycles. The molecule has 1 rings (SSSR count). The summed E-state index contributed by atoms with van der Waals surface area (Å²) in [6, 6.07) is 2.34. The van der Waals surface area contributed by atoms with Crippen molar-refractivity contribution in [1.82, 2.24) is 0 Å². The van der Waals surface area contributed by atoms with Gasteiger partial charge in [-0.2, -0.15) is 0 Å². The molecule has 1 aromatic carbocycles. The molecule has 0 saturated carbocycles. The van der Waals surface area contributed by atoms with Crippen LogP contribution < -0.4 is 0 Å². The predicted molar refractivity (Wildman–Crippen MR) is 54.9 cm³/mol. The Morgan fingerprint density at radius 3 is 2.21 bits per heavy atom. The summed E-state index contributed by atoms with van der Waals surface area (Å²) in [5.41, 5.74) is -0.0154. The number of halogens is 3. The van der Waals surface area contributed by atoms with Crippen molar-refractivity contribution in [3.63, 3.8) is 0 Å². The summed E-state index contributed by atoms with van der Waals surface area (Å²) in [5, 5.41) is -0.143. The van der Waals surface area contributed by atoms with Gasteiger partial charge in [-0.15, -0.1) is 0 Å². The molecule has 0 fully saturated rings. The van der Waals surface area contributed by atoms with Crippen molar-refractivity contribution >= 4 is 49.2 Å². The van der Waals surface area contributed by atoms with E-state index in [0.29, 0.717) is 6.29 Å². The van der Waals surface area contributed by atoms with Crippen LogP contribution in [0.3, 0.4) is 0 Å². The van der Waals surface area contributed by atoms with Gasteiger partial charge < -0.3 is 0 Å². The minimum Gasteiger partial charge on any atom is -0.298 e. The van der Waals surface area contributed by atoms with Crippen LogP contribution in [0, 0.1) is 0 Å². The van der Waals surface area contributed by atoms with Gasteiger partial charge in [0.1, 0.15) is 4.90 Å².